The Kier molecular flexibility index (Phi) is 13.0. The molecule has 0 heterocycles. The van der Waals surface area contributed by atoms with Gasteiger partial charge < -0.3 is 15.6 Å². The predicted octanol–water partition coefficient (Wildman–Crippen LogP) is 7.32. The molecule has 5 N–H and O–H groups in total. The van der Waals surface area contributed by atoms with E-state index in [0.29, 0.717) is 18.5 Å². The standard InChI is InChI=1S/C30H38N4O9S2/c1-2-3-4-5-9-12-27(35)32-25-20-24(44(38,39)40)18-22-19-26(45(41,42)43)29(30(36)28(22)25)34-33-23-15-13-21(14-16-23)11-8-6-7-10-17-31-37/h13-20,36-37H,2-12H2,1H3,(H,32,35)(H,38,39,40)(H,41,42,43)/b31-17-,34-33?. The van der Waals surface area contributed by atoms with Crippen molar-refractivity contribution < 1.29 is 41.0 Å². The molecule has 0 saturated carbocycles. The zero-order chi connectivity index (χ0) is 33.0. The summed E-state index contributed by atoms with van der Waals surface area (Å²) >= 11 is 0. The molecule has 15 heteroatoms. The Balaban J connectivity index is 1.98. The van der Waals surface area contributed by atoms with Crippen LogP contribution in [0, 0.1) is 0 Å². The van der Waals surface area contributed by atoms with Gasteiger partial charge in [-0.05, 0) is 73.4 Å². The molecule has 0 aliphatic carbocycles. The van der Waals surface area contributed by atoms with E-state index >= 15 is 0 Å². The average molecular weight is 663 g/mol. The molecule has 13 nitrogen and oxygen atoms in total. The predicted molar refractivity (Wildman–Crippen MR) is 170 cm³/mol. The van der Waals surface area contributed by atoms with Gasteiger partial charge in [0, 0.05) is 18.0 Å². The summed E-state index contributed by atoms with van der Waals surface area (Å²) in [5.41, 5.74) is 0.507. The molecule has 244 valence electrons. The third kappa shape index (κ3) is 10.6. The number of nitrogens with zero attached hydrogens (tertiary/aromatic N) is 3. The summed E-state index contributed by atoms with van der Waals surface area (Å²) < 4.78 is 68.2. The fourth-order valence-electron chi connectivity index (χ4n) is 4.74. The molecule has 0 radical (unpaired) electrons. The molecule has 3 rings (SSSR count). The minimum Gasteiger partial charge on any atom is -0.505 e. The zero-order valence-electron chi connectivity index (χ0n) is 24.9. The number of phenolic OH excluding ortho intramolecular Hbond substituents is 1. The van der Waals surface area contributed by atoms with Crippen molar-refractivity contribution in [3.05, 3.63) is 48.0 Å². The highest BCUT2D eigenvalue weighted by Gasteiger charge is 2.26. The molecule has 0 atom stereocenters. The maximum absolute atomic E-state index is 12.7. The van der Waals surface area contributed by atoms with Crippen LogP contribution < -0.4 is 5.32 Å². The smallest absolute Gasteiger partial charge is 0.296 e. The van der Waals surface area contributed by atoms with Crippen LogP contribution in [-0.2, 0) is 31.5 Å². The number of unbranched alkanes of at least 4 members (excludes halogenated alkanes) is 7. The summed E-state index contributed by atoms with van der Waals surface area (Å²) in [6.45, 7) is 2.06. The Morgan fingerprint density at radius 1 is 0.867 bits per heavy atom. The van der Waals surface area contributed by atoms with Crippen molar-refractivity contribution in [2.24, 2.45) is 15.4 Å². The number of rotatable bonds is 17. The number of amides is 1. The van der Waals surface area contributed by atoms with Gasteiger partial charge in [-0.3, -0.25) is 13.9 Å². The first-order valence-electron chi connectivity index (χ1n) is 14.6. The molecule has 1 amide bonds. The van der Waals surface area contributed by atoms with Gasteiger partial charge in [-0.15, -0.1) is 10.3 Å². The fraction of sp³-hybridized carbons (Fsp3) is 0.400. The number of benzene rings is 3. The summed E-state index contributed by atoms with van der Waals surface area (Å²) in [6.07, 6.45) is 10.2. The highest BCUT2D eigenvalue weighted by molar-refractivity contribution is 7.86. The maximum Gasteiger partial charge on any atom is 0.296 e. The van der Waals surface area contributed by atoms with E-state index < -0.39 is 47.4 Å². The largest absolute Gasteiger partial charge is 0.505 e. The molecule has 0 bridgehead atoms. The monoisotopic (exact) mass is 662 g/mol. The van der Waals surface area contributed by atoms with Gasteiger partial charge in [-0.1, -0.05) is 51.2 Å². The number of carbonyl (C=O) groups excluding carboxylic acids is 1. The Bertz CT molecular complexity index is 1760. The normalized spacial score (nSPS) is 12.4. The van der Waals surface area contributed by atoms with Gasteiger partial charge in [0.05, 0.1) is 16.3 Å². The van der Waals surface area contributed by atoms with E-state index in [1.165, 1.54) is 6.21 Å². The molecular weight excluding hydrogens is 624 g/mol. The highest BCUT2D eigenvalue weighted by atomic mass is 32.2. The lowest BCUT2D eigenvalue weighted by atomic mass is 10.1. The highest BCUT2D eigenvalue weighted by Crippen LogP contribution is 2.45. The van der Waals surface area contributed by atoms with Crippen molar-refractivity contribution in [1.82, 2.24) is 0 Å². The third-order valence-electron chi connectivity index (χ3n) is 7.06. The van der Waals surface area contributed by atoms with E-state index in [1.807, 2.05) is 12.1 Å². The number of aryl methyl sites for hydroxylation is 1. The van der Waals surface area contributed by atoms with Crippen LogP contribution >= 0.6 is 0 Å². The minimum atomic E-state index is -5.02. The minimum absolute atomic E-state index is 0.103. The molecule has 3 aromatic rings. The number of hydrogen-bond acceptors (Lipinski definition) is 10. The second kappa shape index (κ2) is 16.4. The lowest BCUT2D eigenvalue weighted by Gasteiger charge is -2.15. The van der Waals surface area contributed by atoms with Gasteiger partial charge in [0.2, 0.25) is 5.91 Å². The average Bonchev–Trinajstić information content (AvgIpc) is 2.97. The number of azo groups is 1. The van der Waals surface area contributed by atoms with Gasteiger partial charge in [-0.2, -0.15) is 21.9 Å². The molecule has 0 aliphatic rings. The number of oxime groups is 1. The second-order valence-corrected chi connectivity index (χ2v) is 13.4. The van der Waals surface area contributed by atoms with E-state index in [4.69, 9.17) is 5.21 Å². The molecular formula is C30H38N4O9S2. The second-order valence-electron chi connectivity index (χ2n) is 10.6. The molecule has 45 heavy (non-hydrogen) atoms. The molecule has 0 aliphatic heterocycles. The Labute approximate surface area is 262 Å². The Hall–Kier alpha value is -3.92. The van der Waals surface area contributed by atoms with Crippen molar-refractivity contribution in [2.75, 3.05) is 5.32 Å². The van der Waals surface area contributed by atoms with E-state index in [9.17, 15) is 35.8 Å². The van der Waals surface area contributed by atoms with Crippen molar-refractivity contribution in [3.63, 3.8) is 0 Å². The number of phenols is 1. The number of carbonyl (C=O) groups is 1. The lowest BCUT2D eigenvalue weighted by molar-refractivity contribution is -0.116. The quantitative estimate of drug-likeness (QED) is 0.0244. The Morgan fingerprint density at radius 3 is 2.20 bits per heavy atom. The number of fused-ring (bicyclic) bond motifs is 1. The van der Waals surface area contributed by atoms with Gasteiger partial charge in [0.15, 0.2) is 5.75 Å². The van der Waals surface area contributed by atoms with Crippen LogP contribution in [-0.4, -0.2) is 48.4 Å². The number of hydrogen-bond donors (Lipinski definition) is 5. The maximum atomic E-state index is 12.7. The van der Waals surface area contributed by atoms with Gasteiger partial charge in [-0.25, -0.2) is 0 Å². The Morgan fingerprint density at radius 2 is 1.56 bits per heavy atom. The third-order valence-corrected chi connectivity index (χ3v) is 8.76. The lowest BCUT2D eigenvalue weighted by Crippen LogP contribution is -2.12. The first-order chi connectivity index (χ1) is 21.3. The molecule has 0 aromatic heterocycles. The van der Waals surface area contributed by atoms with Gasteiger partial charge in [0.1, 0.15) is 10.6 Å². The molecule has 0 unspecified atom stereocenters. The first-order valence-corrected chi connectivity index (χ1v) is 17.5. The van der Waals surface area contributed by atoms with E-state index in [1.54, 1.807) is 12.1 Å². The number of aromatic hydroxyl groups is 1. The van der Waals surface area contributed by atoms with Crippen LogP contribution in [0.4, 0.5) is 17.1 Å². The zero-order valence-corrected chi connectivity index (χ0v) is 26.5. The molecule has 0 fully saturated rings. The van der Waals surface area contributed by atoms with Crippen LogP contribution in [0.15, 0.2) is 67.6 Å². The van der Waals surface area contributed by atoms with Crippen LogP contribution in [0.2, 0.25) is 0 Å². The van der Waals surface area contributed by atoms with Crippen LogP contribution in [0.3, 0.4) is 0 Å². The summed E-state index contributed by atoms with van der Waals surface area (Å²) in [5.74, 6) is -1.27. The van der Waals surface area contributed by atoms with Crippen LogP contribution in [0.25, 0.3) is 10.8 Å². The number of anilines is 1. The van der Waals surface area contributed by atoms with Crippen molar-refractivity contribution in [2.45, 2.75) is 87.3 Å². The van der Waals surface area contributed by atoms with Crippen LogP contribution in [0.5, 0.6) is 5.75 Å². The van der Waals surface area contributed by atoms with Crippen molar-refractivity contribution in [3.8, 4) is 5.75 Å². The van der Waals surface area contributed by atoms with Crippen LogP contribution in [0.1, 0.15) is 76.7 Å². The summed E-state index contributed by atoms with van der Waals surface area (Å²) in [4.78, 5) is 11.2. The fourth-order valence-corrected chi connectivity index (χ4v) is 5.94. The molecule has 0 spiro atoms. The molecule has 3 aromatic carbocycles. The summed E-state index contributed by atoms with van der Waals surface area (Å²) in [5, 5.41) is 32.8. The van der Waals surface area contributed by atoms with E-state index in [-0.39, 0.29) is 22.9 Å². The summed E-state index contributed by atoms with van der Waals surface area (Å²) in [7, 11) is -9.83. The van der Waals surface area contributed by atoms with Gasteiger partial charge >= 0.3 is 0 Å². The van der Waals surface area contributed by atoms with Crippen molar-refractivity contribution in [1.29, 1.82) is 0 Å². The van der Waals surface area contributed by atoms with Crippen molar-refractivity contribution >= 4 is 60.2 Å². The molecule has 0 saturated heterocycles. The first kappa shape index (κ1) is 35.6. The topological polar surface area (TPSA) is 215 Å². The van der Waals surface area contributed by atoms with E-state index in [0.717, 1.165) is 75.1 Å². The van der Waals surface area contributed by atoms with E-state index in [2.05, 4.69) is 27.6 Å². The summed E-state index contributed by atoms with van der Waals surface area (Å²) in [6, 6.07) is 9.66. The van der Waals surface area contributed by atoms with Gasteiger partial charge in [0.25, 0.3) is 20.2 Å². The SMILES string of the molecule is CCCCCCCC(=O)Nc1cc(S(=O)(=O)O)cc2cc(S(=O)(=O)O)c(N=Nc3ccc(CCCCC/C=N\O)cc3)c(O)c12. The number of nitrogens with one attached hydrogen (secondary N) is 1.